The average Bonchev–Trinajstić information content (AvgIpc) is 3.65. The smallest absolute Gasteiger partial charge is 0.243 e. The number of piperidine rings is 1. The Morgan fingerprint density at radius 2 is 1.77 bits per heavy atom. The van der Waals surface area contributed by atoms with Crippen LogP contribution in [0.25, 0.3) is 11.5 Å². The molecule has 0 aliphatic carbocycles. The Morgan fingerprint density at radius 1 is 1.00 bits per heavy atom. The summed E-state index contributed by atoms with van der Waals surface area (Å²) in [6.45, 7) is 2.34. The zero-order chi connectivity index (χ0) is 27.0. The Labute approximate surface area is 227 Å². The largest absolute Gasteiger partial charge is 0.490 e. The highest BCUT2D eigenvalue weighted by atomic mass is 32.2. The van der Waals surface area contributed by atoms with Crippen molar-refractivity contribution < 1.29 is 22.4 Å². The summed E-state index contributed by atoms with van der Waals surface area (Å²) >= 11 is 0. The van der Waals surface area contributed by atoms with Crippen molar-refractivity contribution in [1.29, 1.82) is 0 Å². The first-order valence-corrected chi connectivity index (χ1v) is 14.3. The van der Waals surface area contributed by atoms with Gasteiger partial charge >= 0.3 is 0 Å². The molecule has 4 heterocycles. The summed E-state index contributed by atoms with van der Waals surface area (Å²) in [5.41, 5.74) is 3.01. The molecule has 0 radical (unpaired) electrons. The summed E-state index contributed by atoms with van der Waals surface area (Å²) in [5, 5.41) is 0. The highest BCUT2D eigenvalue weighted by Crippen LogP contribution is 2.30. The second-order valence-corrected chi connectivity index (χ2v) is 11.9. The van der Waals surface area contributed by atoms with Gasteiger partial charge in [-0.2, -0.15) is 4.31 Å². The van der Waals surface area contributed by atoms with Crippen molar-refractivity contribution in [1.82, 2.24) is 19.2 Å². The van der Waals surface area contributed by atoms with Gasteiger partial charge in [0.15, 0.2) is 0 Å². The third-order valence-electron chi connectivity index (χ3n) is 7.24. The first-order valence-electron chi connectivity index (χ1n) is 12.8. The number of hydrogen-bond acceptors (Lipinski definition) is 8. The number of ether oxygens (including phenoxy) is 1. The molecule has 6 rings (SSSR count). The number of benzene rings is 2. The maximum atomic E-state index is 13.3. The monoisotopic (exact) mass is 544 g/mol. The van der Waals surface area contributed by atoms with Gasteiger partial charge in [-0.25, -0.2) is 13.4 Å². The fourth-order valence-electron chi connectivity index (χ4n) is 4.98. The third kappa shape index (κ3) is 5.23. The van der Waals surface area contributed by atoms with Crippen LogP contribution in [0.4, 0.5) is 0 Å². The van der Waals surface area contributed by atoms with Crippen molar-refractivity contribution in [3.63, 3.8) is 0 Å². The number of fused-ring (bicyclic) bond motifs is 1. The normalized spacial score (nSPS) is 16.7. The van der Waals surface area contributed by atoms with E-state index in [0.717, 1.165) is 37.1 Å². The molecule has 1 saturated heterocycles. The Balaban J connectivity index is 1.16. The number of sulfonamides is 1. The highest BCUT2D eigenvalue weighted by molar-refractivity contribution is 7.89. The number of likely N-dealkylation sites (tertiary alicyclic amines) is 1. The van der Waals surface area contributed by atoms with Crippen LogP contribution in [0, 0.1) is 0 Å². The average molecular weight is 545 g/mol. The van der Waals surface area contributed by atoms with Crippen molar-refractivity contribution in [2.75, 3.05) is 20.1 Å². The molecular formula is C29H28N4O5S. The summed E-state index contributed by atoms with van der Waals surface area (Å²) in [6, 6.07) is 15.3. The van der Waals surface area contributed by atoms with Gasteiger partial charge in [-0.1, -0.05) is 12.1 Å². The van der Waals surface area contributed by atoms with E-state index in [1.54, 1.807) is 48.7 Å². The van der Waals surface area contributed by atoms with Gasteiger partial charge in [-0.3, -0.25) is 9.78 Å². The standard InChI is InChI=1S/C29H28N4O5S/c1-32-12-9-24(10-13-32)38-25-4-2-3-21(15-25)28(34)27-16-22-18-33(19-23(22)17-31-27)39(35,36)26-7-5-20(6-8-26)29-30-11-14-37-29/h2-8,11,14-17,24H,9-10,12-13,18-19H2,1H3. The van der Waals surface area contributed by atoms with Crippen molar-refractivity contribution in [3.05, 3.63) is 95.6 Å². The zero-order valence-electron chi connectivity index (χ0n) is 21.5. The number of nitrogens with zero attached hydrogens (tertiary/aromatic N) is 4. The minimum atomic E-state index is -3.75. The van der Waals surface area contributed by atoms with Crippen LogP contribution in [0.15, 0.2) is 82.6 Å². The molecule has 10 heteroatoms. The quantitative estimate of drug-likeness (QED) is 0.320. The minimum absolute atomic E-state index is 0.135. The molecule has 0 spiro atoms. The molecule has 39 heavy (non-hydrogen) atoms. The molecular weight excluding hydrogens is 516 g/mol. The molecule has 0 atom stereocenters. The molecule has 4 aromatic rings. The number of oxazole rings is 1. The van der Waals surface area contributed by atoms with Gasteiger partial charge in [-0.15, -0.1) is 0 Å². The fourth-order valence-corrected chi connectivity index (χ4v) is 6.38. The molecule has 0 unspecified atom stereocenters. The Kier molecular flexibility index (Phi) is 6.76. The van der Waals surface area contributed by atoms with Crippen molar-refractivity contribution >= 4 is 15.8 Å². The molecule has 2 aromatic carbocycles. The van der Waals surface area contributed by atoms with Crippen LogP contribution in [-0.2, 0) is 23.1 Å². The van der Waals surface area contributed by atoms with Crippen LogP contribution in [0.3, 0.4) is 0 Å². The van der Waals surface area contributed by atoms with E-state index >= 15 is 0 Å². The summed E-state index contributed by atoms with van der Waals surface area (Å²) < 4.78 is 39.5. The lowest BCUT2D eigenvalue weighted by Crippen LogP contribution is -2.35. The van der Waals surface area contributed by atoms with Gasteiger partial charge in [0.1, 0.15) is 23.8 Å². The molecule has 200 valence electrons. The van der Waals surface area contributed by atoms with Crippen LogP contribution < -0.4 is 4.74 Å². The lowest BCUT2D eigenvalue weighted by Gasteiger charge is -2.29. The van der Waals surface area contributed by atoms with E-state index in [-0.39, 0.29) is 35.6 Å². The van der Waals surface area contributed by atoms with Gasteiger partial charge in [0, 0.05) is 43.5 Å². The van der Waals surface area contributed by atoms with Crippen LogP contribution in [0.2, 0.25) is 0 Å². The number of aromatic nitrogens is 2. The SMILES string of the molecule is CN1CCC(Oc2cccc(C(=O)c3cc4c(cn3)CN(S(=O)(=O)c3ccc(-c5ncco5)cc3)C4)c2)CC1. The van der Waals surface area contributed by atoms with Gasteiger partial charge in [-0.05, 0) is 73.5 Å². The molecule has 0 N–H and O–H groups in total. The van der Waals surface area contributed by atoms with E-state index in [9.17, 15) is 13.2 Å². The van der Waals surface area contributed by atoms with E-state index in [1.807, 2.05) is 12.1 Å². The number of hydrogen-bond donors (Lipinski definition) is 0. The fraction of sp³-hybridized carbons (Fsp3) is 0.276. The molecule has 9 nitrogen and oxygen atoms in total. The molecule has 0 saturated carbocycles. The summed E-state index contributed by atoms with van der Waals surface area (Å²) in [6.07, 6.45) is 6.64. The first kappa shape index (κ1) is 25.4. The Bertz CT molecular complexity index is 1600. The predicted molar refractivity (Wildman–Crippen MR) is 144 cm³/mol. The topological polar surface area (TPSA) is 106 Å². The minimum Gasteiger partial charge on any atom is -0.490 e. The first-order chi connectivity index (χ1) is 18.9. The van der Waals surface area contributed by atoms with E-state index < -0.39 is 10.0 Å². The van der Waals surface area contributed by atoms with Crippen LogP contribution >= 0.6 is 0 Å². The van der Waals surface area contributed by atoms with E-state index in [1.165, 1.54) is 16.8 Å². The summed E-state index contributed by atoms with van der Waals surface area (Å²) in [7, 11) is -1.65. The zero-order valence-corrected chi connectivity index (χ0v) is 22.3. The molecule has 0 amide bonds. The van der Waals surface area contributed by atoms with Gasteiger partial charge in [0.25, 0.3) is 0 Å². The van der Waals surface area contributed by atoms with Crippen molar-refractivity contribution in [3.8, 4) is 17.2 Å². The Hall–Kier alpha value is -3.86. The van der Waals surface area contributed by atoms with E-state index in [2.05, 4.69) is 21.9 Å². The maximum absolute atomic E-state index is 13.3. The lowest BCUT2D eigenvalue weighted by molar-refractivity contribution is 0.102. The maximum Gasteiger partial charge on any atom is 0.243 e. The predicted octanol–water partition coefficient (Wildman–Crippen LogP) is 4.15. The third-order valence-corrected chi connectivity index (χ3v) is 9.05. The van der Waals surface area contributed by atoms with E-state index in [4.69, 9.17) is 9.15 Å². The number of pyridine rings is 1. The number of carbonyl (C=O) groups is 1. The van der Waals surface area contributed by atoms with Gasteiger partial charge in [0.2, 0.25) is 21.7 Å². The van der Waals surface area contributed by atoms with Gasteiger partial charge < -0.3 is 14.1 Å². The summed E-state index contributed by atoms with van der Waals surface area (Å²) in [5.74, 6) is 0.868. The molecule has 1 fully saturated rings. The summed E-state index contributed by atoms with van der Waals surface area (Å²) in [4.78, 5) is 24.2. The number of carbonyl (C=O) groups excluding carboxylic acids is 1. The molecule has 2 aliphatic heterocycles. The highest BCUT2D eigenvalue weighted by Gasteiger charge is 2.31. The van der Waals surface area contributed by atoms with Crippen LogP contribution in [0.1, 0.15) is 40.0 Å². The second-order valence-electron chi connectivity index (χ2n) is 9.95. The van der Waals surface area contributed by atoms with E-state index in [0.29, 0.717) is 22.8 Å². The van der Waals surface area contributed by atoms with Crippen LogP contribution in [-0.4, -0.2) is 59.6 Å². The Morgan fingerprint density at radius 3 is 2.51 bits per heavy atom. The molecule has 0 bridgehead atoms. The lowest BCUT2D eigenvalue weighted by atomic mass is 10.0. The number of ketones is 1. The molecule has 2 aromatic heterocycles. The van der Waals surface area contributed by atoms with Gasteiger partial charge in [0.05, 0.1) is 11.1 Å². The van der Waals surface area contributed by atoms with Crippen LogP contribution in [0.5, 0.6) is 5.75 Å². The van der Waals surface area contributed by atoms with Crippen molar-refractivity contribution in [2.45, 2.75) is 36.9 Å². The molecule has 2 aliphatic rings. The second kappa shape index (κ2) is 10.4. The van der Waals surface area contributed by atoms with Crippen molar-refractivity contribution in [2.24, 2.45) is 0 Å². The number of rotatable bonds is 7.